The normalized spacial score (nSPS) is 10.3. The summed E-state index contributed by atoms with van der Waals surface area (Å²) in [7, 11) is 0. The van der Waals surface area contributed by atoms with Gasteiger partial charge in [-0.25, -0.2) is 4.79 Å². The van der Waals surface area contributed by atoms with Gasteiger partial charge in [-0.05, 0) is 80.2 Å². The van der Waals surface area contributed by atoms with Crippen LogP contribution >= 0.6 is 12.2 Å². The van der Waals surface area contributed by atoms with Crippen molar-refractivity contribution in [3.8, 4) is 5.75 Å². The van der Waals surface area contributed by atoms with Crippen molar-refractivity contribution in [1.29, 1.82) is 0 Å². The Morgan fingerprint density at radius 2 is 1.69 bits per heavy atom. The maximum absolute atomic E-state index is 12.9. The average Bonchev–Trinajstić information content (AvgIpc) is 2.88. The molecule has 0 aliphatic rings. The minimum absolute atomic E-state index is 0.0500. The monoisotopic (exact) mass is 508 g/mol. The lowest BCUT2D eigenvalue weighted by Crippen LogP contribution is -2.42. The Bertz CT molecular complexity index is 1250. The third kappa shape index (κ3) is 6.60. The van der Waals surface area contributed by atoms with E-state index in [1.54, 1.807) is 67.5 Å². The smallest absolute Gasteiger partial charge is 0.338 e. The zero-order valence-electron chi connectivity index (χ0n) is 19.7. The van der Waals surface area contributed by atoms with Gasteiger partial charge in [-0.3, -0.25) is 25.2 Å². The lowest BCUT2D eigenvalue weighted by Gasteiger charge is -2.26. The fraction of sp³-hybridized carbons (Fsp3) is 0.200. The van der Waals surface area contributed by atoms with Gasteiger partial charge < -0.3 is 14.4 Å². The van der Waals surface area contributed by atoms with E-state index in [0.29, 0.717) is 17.8 Å². The van der Waals surface area contributed by atoms with Crippen LogP contribution in [0.5, 0.6) is 5.75 Å². The summed E-state index contributed by atoms with van der Waals surface area (Å²) in [5.74, 6) is -0.991. The number of pyridine rings is 1. The highest BCUT2D eigenvalue weighted by molar-refractivity contribution is 7.80. The van der Waals surface area contributed by atoms with Crippen molar-refractivity contribution in [2.45, 2.75) is 20.4 Å². The van der Waals surface area contributed by atoms with E-state index in [9.17, 15) is 19.7 Å². The second-order valence-corrected chi connectivity index (χ2v) is 7.73. The third-order valence-corrected chi connectivity index (χ3v) is 5.29. The number of rotatable bonds is 9. The van der Waals surface area contributed by atoms with Gasteiger partial charge in [0.1, 0.15) is 0 Å². The Labute approximate surface area is 213 Å². The van der Waals surface area contributed by atoms with Crippen molar-refractivity contribution in [2.75, 3.05) is 18.1 Å². The lowest BCUT2D eigenvalue weighted by molar-refractivity contribution is -0.385. The van der Waals surface area contributed by atoms with Crippen LogP contribution in [0.25, 0.3) is 0 Å². The fourth-order valence-corrected chi connectivity index (χ4v) is 3.52. The van der Waals surface area contributed by atoms with Crippen LogP contribution < -0.4 is 15.0 Å². The van der Waals surface area contributed by atoms with Gasteiger partial charge in [0.05, 0.1) is 30.2 Å². The second-order valence-electron chi connectivity index (χ2n) is 7.34. The number of ether oxygens (including phenoxy) is 2. The molecular weight excluding hydrogens is 484 g/mol. The number of aromatic nitrogens is 1. The number of thiocarbonyl (C=S) groups is 1. The van der Waals surface area contributed by atoms with Gasteiger partial charge in [0.15, 0.2) is 10.9 Å². The largest absolute Gasteiger partial charge is 0.487 e. The summed E-state index contributed by atoms with van der Waals surface area (Å²) < 4.78 is 10.3. The average molecular weight is 509 g/mol. The van der Waals surface area contributed by atoms with Crippen LogP contribution in [0.4, 0.5) is 11.4 Å². The molecule has 0 atom stereocenters. The Kier molecular flexibility index (Phi) is 9.01. The summed E-state index contributed by atoms with van der Waals surface area (Å²) in [5, 5.41) is 14.1. The van der Waals surface area contributed by atoms with Crippen LogP contribution in [0.15, 0.2) is 67.0 Å². The van der Waals surface area contributed by atoms with E-state index < -0.39 is 16.8 Å². The number of hydrogen-bond acceptors (Lipinski definition) is 8. The Balaban J connectivity index is 1.86. The quantitative estimate of drug-likeness (QED) is 0.195. The molecule has 0 saturated carbocycles. The van der Waals surface area contributed by atoms with Crippen molar-refractivity contribution in [1.82, 2.24) is 10.3 Å². The molecular formula is C25H24N4O6S. The topological polar surface area (TPSA) is 124 Å². The van der Waals surface area contributed by atoms with Crippen LogP contribution in [-0.4, -0.2) is 40.1 Å². The van der Waals surface area contributed by atoms with Crippen molar-refractivity contribution in [2.24, 2.45) is 0 Å². The minimum Gasteiger partial charge on any atom is -0.487 e. The molecule has 1 N–H and O–H groups in total. The van der Waals surface area contributed by atoms with Gasteiger partial charge in [0, 0.05) is 29.7 Å². The summed E-state index contributed by atoms with van der Waals surface area (Å²) in [4.78, 5) is 41.5. The molecule has 1 heterocycles. The molecule has 0 bridgehead atoms. The number of nitrogens with one attached hydrogen (secondary N) is 1. The highest BCUT2D eigenvalue weighted by Crippen LogP contribution is 2.28. The number of carbonyl (C=O) groups excluding carboxylic acids is 2. The van der Waals surface area contributed by atoms with Crippen LogP contribution in [0.2, 0.25) is 0 Å². The van der Waals surface area contributed by atoms with Gasteiger partial charge in [0.2, 0.25) is 0 Å². The second kappa shape index (κ2) is 12.4. The Morgan fingerprint density at radius 3 is 2.31 bits per heavy atom. The Hall–Kier alpha value is -4.38. The first-order chi connectivity index (χ1) is 17.3. The maximum atomic E-state index is 12.9. The zero-order valence-corrected chi connectivity index (χ0v) is 20.5. The van der Waals surface area contributed by atoms with Crippen LogP contribution in [0.1, 0.15) is 40.1 Å². The van der Waals surface area contributed by atoms with E-state index in [4.69, 9.17) is 21.7 Å². The third-order valence-electron chi connectivity index (χ3n) is 4.96. The molecule has 0 aliphatic carbocycles. The highest BCUT2D eigenvalue weighted by atomic mass is 32.1. The molecule has 0 spiro atoms. The summed E-state index contributed by atoms with van der Waals surface area (Å²) in [6.45, 7) is 4.23. The highest BCUT2D eigenvalue weighted by Gasteiger charge is 2.21. The molecule has 3 aromatic rings. The molecule has 3 rings (SSSR count). The number of esters is 1. The molecule has 1 aromatic heterocycles. The standard InChI is InChI=1S/C25H24N4O6S/c1-3-34-22-10-7-19(15-21(22)29(32)33)23(30)27-25(36)28(16-17-11-13-26-14-12-17)20-8-5-18(6-9-20)24(31)35-4-2/h5-15H,3-4,16H2,1-2H3,(H,27,30,36). The van der Waals surface area contributed by atoms with Crippen molar-refractivity contribution in [3.63, 3.8) is 0 Å². The molecule has 0 fully saturated rings. The van der Waals surface area contributed by atoms with Crippen LogP contribution in [-0.2, 0) is 11.3 Å². The maximum Gasteiger partial charge on any atom is 0.338 e. The van der Waals surface area contributed by atoms with E-state index in [1.807, 2.05) is 0 Å². The number of hydrogen-bond donors (Lipinski definition) is 1. The van der Waals surface area contributed by atoms with E-state index >= 15 is 0 Å². The zero-order chi connectivity index (χ0) is 26.1. The van der Waals surface area contributed by atoms with Crippen molar-refractivity contribution >= 4 is 40.6 Å². The minimum atomic E-state index is -0.617. The molecule has 1 amide bonds. The lowest BCUT2D eigenvalue weighted by atomic mass is 10.1. The number of anilines is 1. The summed E-state index contributed by atoms with van der Waals surface area (Å²) >= 11 is 5.54. The Morgan fingerprint density at radius 1 is 1.03 bits per heavy atom. The SMILES string of the molecule is CCOC(=O)c1ccc(N(Cc2ccncc2)C(=S)NC(=O)c2ccc(OCC)c([N+](=O)[O-])c2)cc1. The van der Waals surface area contributed by atoms with E-state index in [0.717, 1.165) is 11.6 Å². The molecule has 36 heavy (non-hydrogen) atoms. The van der Waals surface area contributed by atoms with Gasteiger partial charge in [0.25, 0.3) is 5.91 Å². The number of nitro groups is 1. The predicted molar refractivity (Wildman–Crippen MR) is 137 cm³/mol. The summed E-state index contributed by atoms with van der Waals surface area (Å²) in [5.41, 5.74) is 1.59. The fourth-order valence-electron chi connectivity index (χ4n) is 3.26. The van der Waals surface area contributed by atoms with E-state index in [1.165, 1.54) is 12.1 Å². The number of amides is 1. The van der Waals surface area contributed by atoms with Crippen LogP contribution in [0.3, 0.4) is 0 Å². The molecule has 2 aromatic carbocycles. The first-order valence-electron chi connectivity index (χ1n) is 11.0. The van der Waals surface area contributed by atoms with Gasteiger partial charge >= 0.3 is 11.7 Å². The number of benzene rings is 2. The van der Waals surface area contributed by atoms with Crippen LogP contribution in [0, 0.1) is 10.1 Å². The van der Waals surface area contributed by atoms with E-state index in [-0.39, 0.29) is 35.3 Å². The summed E-state index contributed by atoms with van der Waals surface area (Å²) in [6.07, 6.45) is 3.27. The molecule has 11 heteroatoms. The van der Waals surface area contributed by atoms with Crippen molar-refractivity contribution < 1.29 is 24.0 Å². The molecule has 0 saturated heterocycles. The number of carbonyl (C=O) groups is 2. The molecule has 10 nitrogen and oxygen atoms in total. The van der Waals surface area contributed by atoms with Crippen molar-refractivity contribution in [3.05, 3.63) is 93.8 Å². The number of nitro benzene ring substituents is 1. The summed E-state index contributed by atoms with van der Waals surface area (Å²) in [6, 6.07) is 14.1. The predicted octanol–water partition coefficient (Wildman–Crippen LogP) is 4.29. The van der Waals surface area contributed by atoms with E-state index in [2.05, 4.69) is 10.3 Å². The number of nitrogens with zero attached hydrogens (tertiary/aromatic N) is 3. The molecule has 0 unspecified atom stereocenters. The first-order valence-corrected chi connectivity index (χ1v) is 11.4. The molecule has 0 radical (unpaired) electrons. The first kappa shape index (κ1) is 26.2. The molecule has 0 aliphatic heterocycles. The van der Waals surface area contributed by atoms with Gasteiger partial charge in [-0.2, -0.15) is 0 Å². The molecule has 186 valence electrons. The van der Waals surface area contributed by atoms with Gasteiger partial charge in [-0.1, -0.05) is 0 Å². The van der Waals surface area contributed by atoms with Gasteiger partial charge in [-0.15, -0.1) is 0 Å².